The van der Waals surface area contributed by atoms with Crippen molar-refractivity contribution in [1.29, 1.82) is 0 Å². The quantitative estimate of drug-likeness (QED) is 0.527. The number of aromatic nitrogens is 4. The molecule has 3 unspecified atom stereocenters. The standard InChI is InChI=1S/C21H25N5O2S/c1-13-9-14(2)12-25(11-13)20(28)15(3)29-21-23-18-17(19(27)24-21)10-22-26(18)16-7-5-4-6-8-16/h4-8,10,13-15H,9,11-12H2,1-3H3,(H,23,24,27). The molecule has 152 valence electrons. The molecule has 3 heterocycles. The van der Waals surface area contributed by atoms with Crippen molar-refractivity contribution in [2.75, 3.05) is 13.1 Å². The van der Waals surface area contributed by atoms with Crippen LogP contribution in [-0.2, 0) is 4.79 Å². The van der Waals surface area contributed by atoms with Crippen molar-refractivity contribution >= 4 is 28.7 Å². The number of thioether (sulfide) groups is 1. The summed E-state index contributed by atoms with van der Waals surface area (Å²) in [5.41, 5.74) is 1.07. The molecule has 3 aromatic rings. The Bertz CT molecular complexity index is 1070. The van der Waals surface area contributed by atoms with Gasteiger partial charge in [0.2, 0.25) is 5.91 Å². The molecule has 0 aliphatic carbocycles. The van der Waals surface area contributed by atoms with Gasteiger partial charge in [-0.05, 0) is 37.3 Å². The molecule has 1 aliphatic heterocycles. The number of likely N-dealkylation sites (tertiary alicyclic amines) is 1. The van der Waals surface area contributed by atoms with Crippen LogP contribution in [0, 0.1) is 11.8 Å². The molecule has 0 spiro atoms. The van der Waals surface area contributed by atoms with E-state index in [1.54, 1.807) is 4.68 Å². The number of hydrogen-bond acceptors (Lipinski definition) is 5. The smallest absolute Gasteiger partial charge is 0.262 e. The number of piperidine rings is 1. The second-order valence-corrected chi connectivity index (χ2v) is 9.28. The summed E-state index contributed by atoms with van der Waals surface area (Å²) in [6.07, 6.45) is 2.67. The number of nitrogens with one attached hydrogen (secondary N) is 1. The van der Waals surface area contributed by atoms with Gasteiger partial charge >= 0.3 is 0 Å². The predicted octanol–water partition coefficient (Wildman–Crippen LogP) is 3.09. The largest absolute Gasteiger partial charge is 0.341 e. The second kappa shape index (κ2) is 8.02. The van der Waals surface area contributed by atoms with Crippen molar-refractivity contribution in [1.82, 2.24) is 24.6 Å². The van der Waals surface area contributed by atoms with Gasteiger partial charge in [-0.1, -0.05) is 43.8 Å². The molecule has 0 radical (unpaired) electrons. The maximum absolute atomic E-state index is 12.9. The van der Waals surface area contributed by atoms with Crippen molar-refractivity contribution in [2.24, 2.45) is 11.8 Å². The van der Waals surface area contributed by atoms with Crippen LogP contribution in [0.4, 0.5) is 0 Å². The summed E-state index contributed by atoms with van der Waals surface area (Å²) in [5, 5.41) is 4.85. The molecular weight excluding hydrogens is 386 g/mol. The highest BCUT2D eigenvalue weighted by atomic mass is 32.2. The van der Waals surface area contributed by atoms with Crippen LogP contribution in [0.1, 0.15) is 27.2 Å². The van der Waals surface area contributed by atoms with E-state index in [4.69, 9.17) is 0 Å². The van der Waals surface area contributed by atoms with Gasteiger partial charge in [0.15, 0.2) is 10.8 Å². The lowest BCUT2D eigenvalue weighted by Crippen LogP contribution is -2.45. The highest BCUT2D eigenvalue weighted by molar-refractivity contribution is 8.00. The van der Waals surface area contributed by atoms with Gasteiger partial charge in [0.05, 0.1) is 17.1 Å². The van der Waals surface area contributed by atoms with Crippen LogP contribution < -0.4 is 5.56 Å². The van der Waals surface area contributed by atoms with Gasteiger partial charge < -0.3 is 9.88 Å². The predicted molar refractivity (Wildman–Crippen MR) is 114 cm³/mol. The molecule has 1 saturated heterocycles. The first kappa shape index (κ1) is 19.7. The van der Waals surface area contributed by atoms with Crippen LogP contribution in [-0.4, -0.2) is 48.9 Å². The van der Waals surface area contributed by atoms with E-state index >= 15 is 0 Å². The van der Waals surface area contributed by atoms with Crippen LogP contribution in [0.5, 0.6) is 0 Å². The monoisotopic (exact) mass is 411 g/mol. The van der Waals surface area contributed by atoms with Gasteiger partial charge in [-0.2, -0.15) is 5.10 Å². The highest BCUT2D eigenvalue weighted by Crippen LogP contribution is 2.26. The molecule has 1 fully saturated rings. The lowest BCUT2D eigenvalue weighted by atomic mass is 9.92. The summed E-state index contributed by atoms with van der Waals surface area (Å²) in [6.45, 7) is 7.82. The molecule has 3 atom stereocenters. The Morgan fingerprint density at radius 3 is 2.59 bits per heavy atom. The van der Waals surface area contributed by atoms with Gasteiger partial charge in [-0.15, -0.1) is 0 Å². The summed E-state index contributed by atoms with van der Waals surface area (Å²) in [6, 6.07) is 9.56. The Labute approximate surface area is 173 Å². The van der Waals surface area contributed by atoms with Gasteiger partial charge in [-0.25, -0.2) is 9.67 Å². The van der Waals surface area contributed by atoms with E-state index in [2.05, 4.69) is 28.9 Å². The topological polar surface area (TPSA) is 83.9 Å². The Hall–Kier alpha value is -2.61. The van der Waals surface area contributed by atoms with Gasteiger partial charge in [-0.3, -0.25) is 9.59 Å². The first-order valence-corrected chi connectivity index (χ1v) is 10.8. The van der Waals surface area contributed by atoms with Crippen LogP contribution >= 0.6 is 11.8 Å². The van der Waals surface area contributed by atoms with Gasteiger partial charge in [0, 0.05) is 13.1 Å². The number of para-hydroxylation sites is 1. The molecule has 8 heteroatoms. The third-order valence-electron chi connectivity index (χ3n) is 5.23. The van der Waals surface area contributed by atoms with Crippen LogP contribution in [0.25, 0.3) is 16.7 Å². The minimum Gasteiger partial charge on any atom is -0.341 e. The number of benzene rings is 1. The lowest BCUT2D eigenvalue weighted by molar-refractivity contribution is -0.132. The third-order valence-corrected chi connectivity index (χ3v) is 6.21. The van der Waals surface area contributed by atoms with E-state index in [0.717, 1.165) is 25.2 Å². The molecule has 1 N–H and O–H groups in total. The molecule has 1 amide bonds. The van der Waals surface area contributed by atoms with Crippen LogP contribution in [0.15, 0.2) is 46.5 Å². The maximum atomic E-state index is 12.9. The molecular formula is C21H25N5O2S. The van der Waals surface area contributed by atoms with E-state index < -0.39 is 0 Å². The van der Waals surface area contributed by atoms with Crippen molar-refractivity contribution in [3.05, 3.63) is 46.9 Å². The first-order valence-electron chi connectivity index (χ1n) is 9.91. The number of fused-ring (bicyclic) bond motifs is 1. The van der Waals surface area contributed by atoms with Crippen molar-refractivity contribution in [3.8, 4) is 5.69 Å². The van der Waals surface area contributed by atoms with Crippen LogP contribution in [0.2, 0.25) is 0 Å². The minimum atomic E-state index is -0.332. The van der Waals surface area contributed by atoms with E-state index in [-0.39, 0.29) is 16.7 Å². The number of H-pyrrole nitrogens is 1. The normalized spacial score (nSPS) is 20.7. The number of nitrogens with zero attached hydrogens (tertiary/aromatic N) is 4. The fourth-order valence-corrected chi connectivity index (χ4v) is 4.91. The summed E-state index contributed by atoms with van der Waals surface area (Å²) < 4.78 is 1.65. The molecule has 2 aromatic heterocycles. The maximum Gasteiger partial charge on any atom is 0.262 e. The minimum absolute atomic E-state index is 0.0905. The number of carbonyl (C=O) groups is 1. The zero-order chi connectivity index (χ0) is 20.5. The van der Waals surface area contributed by atoms with E-state index in [9.17, 15) is 9.59 Å². The number of carbonyl (C=O) groups excluding carboxylic acids is 1. The molecule has 0 saturated carbocycles. The van der Waals surface area contributed by atoms with Crippen molar-refractivity contribution < 1.29 is 4.79 Å². The average Bonchev–Trinajstić information content (AvgIpc) is 3.11. The second-order valence-electron chi connectivity index (χ2n) is 7.95. The first-order chi connectivity index (χ1) is 13.9. The molecule has 1 aromatic carbocycles. The SMILES string of the molecule is CC1CC(C)CN(C(=O)C(C)Sc2nc3c(cnn3-c3ccccc3)c(=O)[nH]2)C1. The van der Waals surface area contributed by atoms with Gasteiger partial charge in [0.1, 0.15) is 5.39 Å². The Balaban J connectivity index is 1.59. The number of hydrogen-bond donors (Lipinski definition) is 1. The molecule has 7 nitrogen and oxygen atoms in total. The Morgan fingerprint density at radius 2 is 1.90 bits per heavy atom. The average molecular weight is 412 g/mol. The molecule has 4 rings (SSSR count). The molecule has 29 heavy (non-hydrogen) atoms. The number of aromatic amines is 1. The van der Waals surface area contributed by atoms with E-state index in [0.29, 0.717) is 28.0 Å². The van der Waals surface area contributed by atoms with E-state index in [1.807, 2.05) is 42.2 Å². The molecule has 0 bridgehead atoms. The highest BCUT2D eigenvalue weighted by Gasteiger charge is 2.29. The summed E-state index contributed by atoms with van der Waals surface area (Å²) in [7, 11) is 0. The van der Waals surface area contributed by atoms with E-state index in [1.165, 1.54) is 18.0 Å². The summed E-state index contributed by atoms with van der Waals surface area (Å²) in [4.78, 5) is 34.8. The summed E-state index contributed by atoms with van der Waals surface area (Å²) >= 11 is 1.29. The fourth-order valence-electron chi connectivity index (χ4n) is 4.03. The van der Waals surface area contributed by atoms with Crippen molar-refractivity contribution in [2.45, 2.75) is 37.6 Å². The zero-order valence-corrected chi connectivity index (χ0v) is 17.6. The molecule has 1 aliphatic rings. The van der Waals surface area contributed by atoms with Gasteiger partial charge in [0.25, 0.3) is 5.56 Å². The Kier molecular flexibility index (Phi) is 5.45. The summed E-state index contributed by atoms with van der Waals surface area (Å²) in [5.74, 6) is 1.11. The fraction of sp³-hybridized carbons (Fsp3) is 0.429. The lowest BCUT2D eigenvalue weighted by Gasteiger charge is -2.36. The third kappa shape index (κ3) is 4.07. The van der Waals surface area contributed by atoms with Crippen LogP contribution in [0.3, 0.4) is 0 Å². The number of amides is 1. The Morgan fingerprint density at radius 1 is 1.21 bits per heavy atom. The number of rotatable bonds is 4. The van der Waals surface area contributed by atoms with Crippen molar-refractivity contribution in [3.63, 3.8) is 0 Å². The zero-order valence-electron chi connectivity index (χ0n) is 16.8.